The normalized spacial score (nSPS) is 16.0. The van der Waals surface area contributed by atoms with Crippen molar-refractivity contribution in [3.05, 3.63) is 119 Å². The van der Waals surface area contributed by atoms with Crippen LogP contribution in [-0.2, 0) is 22.7 Å². The molecule has 226 valence electrons. The van der Waals surface area contributed by atoms with Gasteiger partial charge >= 0.3 is 6.18 Å². The fraction of sp³-hybridized carbons (Fsp3) is 0.212. The Balaban J connectivity index is 1.42. The number of halogens is 3. The fourth-order valence-corrected chi connectivity index (χ4v) is 6.83. The molecule has 0 atom stereocenters. The Morgan fingerprint density at radius 3 is 2.34 bits per heavy atom. The van der Waals surface area contributed by atoms with Gasteiger partial charge in [0.15, 0.2) is 0 Å². The average molecular weight is 619 g/mol. The number of hydrogen-bond donors (Lipinski definition) is 1. The van der Waals surface area contributed by atoms with Crippen LogP contribution in [0.4, 0.5) is 30.2 Å². The molecule has 0 radical (unpaired) electrons. The lowest BCUT2D eigenvalue weighted by molar-refractivity contribution is -0.137. The highest BCUT2D eigenvalue weighted by molar-refractivity contribution is 7.92. The number of carbonyl (C=O) groups is 1. The summed E-state index contributed by atoms with van der Waals surface area (Å²) >= 11 is 0. The summed E-state index contributed by atoms with van der Waals surface area (Å²) in [5.41, 5.74) is 2.87. The molecule has 0 saturated carbocycles. The van der Waals surface area contributed by atoms with E-state index in [4.69, 9.17) is 0 Å². The van der Waals surface area contributed by atoms with Crippen LogP contribution >= 0.6 is 0 Å². The predicted molar refractivity (Wildman–Crippen MR) is 165 cm³/mol. The number of fused-ring (bicyclic) bond motifs is 1. The van der Waals surface area contributed by atoms with Gasteiger partial charge < -0.3 is 9.80 Å². The molecule has 0 spiro atoms. The van der Waals surface area contributed by atoms with Gasteiger partial charge in [0.05, 0.1) is 17.8 Å². The number of carbonyl (C=O) groups excluding carboxylic acids is 1. The van der Waals surface area contributed by atoms with Gasteiger partial charge in [-0.2, -0.15) is 18.2 Å². The van der Waals surface area contributed by atoms with Crippen LogP contribution in [0.1, 0.15) is 45.5 Å². The van der Waals surface area contributed by atoms with Gasteiger partial charge in [-0.05, 0) is 73.9 Å². The quantitative estimate of drug-likeness (QED) is 0.251. The second kappa shape index (κ2) is 11.5. The first-order valence-corrected chi connectivity index (χ1v) is 15.6. The number of aliphatic imine (C=N–C) groups is 1. The summed E-state index contributed by atoms with van der Waals surface area (Å²) < 4.78 is 70.2. The summed E-state index contributed by atoms with van der Waals surface area (Å²) in [6.45, 7) is 3.57. The lowest BCUT2D eigenvalue weighted by Crippen LogP contribution is -2.27. The first kappa shape index (κ1) is 29.4. The molecule has 1 fully saturated rings. The van der Waals surface area contributed by atoms with Crippen LogP contribution in [0.2, 0.25) is 0 Å². The van der Waals surface area contributed by atoms with E-state index in [2.05, 4.69) is 9.71 Å². The molecular formula is C33H29F3N4O3S. The monoisotopic (exact) mass is 618 g/mol. The van der Waals surface area contributed by atoms with Crippen LogP contribution in [0, 0.1) is 6.92 Å². The molecule has 2 aliphatic rings. The van der Waals surface area contributed by atoms with E-state index < -0.39 is 27.7 Å². The lowest BCUT2D eigenvalue weighted by Gasteiger charge is -2.25. The van der Waals surface area contributed by atoms with Gasteiger partial charge in [0.25, 0.3) is 15.9 Å². The summed E-state index contributed by atoms with van der Waals surface area (Å²) in [6, 6.07) is 23.7. The van der Waals surface area contributed by atoms with E-state index in [1.807, 2.05) is 48.2 Å². The number of amidine groups is 1. The third kappa shape index (κ3) is 5.92. The van der Waals surface area contributed by atoms with E-state index in [-0.39, 0.29) is 10.6 Å². The number of sulfonamides is 1. The molecule has 0 aliphatic carbocycles. The number of rotatable bonds is 6. The minimum atomic E-state index is -4.63. The zero-order valence-electron chi connectivity index (χ0n) is 23.8. The van der Waals surface area contributed by atoms with Crippen LogP contribution in [0.15, 0.2) is 101 Å². The van der Waals surface area contributed by atoms with Gasteiger partial charge in [-0.1, -0.05) is 48.0 Å². The van der Waals surface area contributed by atoms with Gasteiger partial charge in [0.1, 0.15) is 10.7 Å². The van der Waals surface area contributed by atoms with Crippen molar-refractivity contribution in [2.75, 3.05) is 27.6 Å². The highest BCUT2D eigenvalue weighted by Gasteiger charge is 2.33. The molecule has 11 heteroatoms. The molecule has 0 unspecified atom stereocenters. The molecule has 1 N–H and O–H groups in total. The molecule has 2 heterocycles. The molecule has 4 aromatic rings. The van der Waals surface area contributed by atoms with Crippen LogP contribution in [0.3, 0.4) is 0 Å². The summed E-state index contributed by atoms with van der Waals surface area (Å²) in [4.78, 5) is 21.4. The van der Waals surface area contributed by atoms with E-state index in [0.717, 1.165) is 47.7 Å². The van der Waals surface area contributed by atoms with E-state index in [0.29, 0.717) is 42.4 Å². The van der Waals surface area contributed by atoms with Crippen molar-refractivity contribution in [2.45, 2.75) is 37.4 Å². The maximum absolute atomic E-state index is 13.9. The number of benzene rings is 4. The number of aryl methyl sites for hydroxylation is 1. The van der Waals surface area contributed by atoms with Crippen LogP contribution < -0.4 is 14.5 Å². The van der Waals surface area contributed by atoms with Crippen LogP contribution in [0.5, 0.6) is 0 Å². The number of nitrogens with one attached hydrogen (secondary N) is 1. The van der Waals surface area contributed by atoms with Crippen LogP contribution in [-0.4, -0.2) is 33.3 Å². The van der Waals surface area contributed by atoms with E-state index in [1.165, 1.54) is 12.1 Å². The summed E-state index contributed by atoms with van der Waals surface area (Å²) in [5.74, 6) is -0.0521. The van der Waals surface area contributed by atoms with Gasteiger partial charge in [0.2, 0.25) is 0 Å². The van der Waals surface area contributed by atoms with Crippen molar-refractivity contribution in [2.24, 2.45) is 4.99 Å². The average Bonchev–Trinajstić information content (AvgIpc) is 3.66. The molecule has 1 saturated heterocycles. The Hall–Kier alpha value is -4.64. The van der Waals surface area contributed by atoms with Gasteiger partial charge in [-0.15, -0.1) is 0 Å². The van der Waals surface area contributed by atoms with Crippen molar-refractivity contribution in [1.82, 2.24) is 0 Å². The van der Waals surface area contributed by atoms with E-state index in [1.54, 1.807) is 29.2 Å². The van der Waals surface area contributed by atoms with Crippen molar-refractivity contribution in [3.63, 3.8) is 0 Å². The molecule has 6 rings (SSSR count). The topological polar surface area (TPSA) is 82.1 Å². The van der Waals surface area contributed by atoms with Crippen molar-refractivity contribution in [1.29, 1.82) is 0 Å². The number of alkyl halides is 3. The second-order valence-corrected chi connectivity index (χ2v) is 12.5. The highest BCUT2D eigenvalue weighted by atomic mass is 32.2. The van der Waals surface area contributed by atoms with Crippen molar-refractivity contribution in [3.8, 4) is 0 Å². The minimum Gasteiger partial charge on any atom is -0.370 e. The molecule has 7 nitrogen and oxygen atoms in total. The Morgan fingerprint density at radius 2 is 1.61 bits per heavy atom. The van der Waals surface area contributed by atoms with Crippen molar-refractivity contribution >= 4 is 38.8 Å². The van der Waals surface area contributed by atoms with Gasteiger partial charge in [0, 0.05) is 35.6 Å². The second-order valence-electron chi connectivity index (χ2n) is 10.9. The molecule has 0 bridgehead atoms. The number of hydrogen-bond acceptors (Lipinski definition) is 4. The molecule has 0 aromatic heterocycles. The standard InChI is InChI=1S/C33H29F3N4O3S/c1-22-11-13-23(14-12-22)32(41)37-31-28-10-3-2-7-24(28)21-40(31)27-15-16-29(39-17-4-5-18-39)30(20-27)44(42,43)38-26-9-6-8-25(19-26)33(34,35)36/h2-3,6-16,19-20,38H,4-5,17-18,21H2,1H3. The molecule has 1 amide bonds. The SMILES string of the molecule is Cc1ccc(C(=O)N=C2c3ccccc3CN2c2ccc(N3CCCC3)c(S(=O)(=O)Nc3cccc(C(F)(F)F)c3)c2)cc1. The Bertz CT molecular complexity index is 1870. The summed E-state index contributed by atoms with van der Waals surface area (Å²) in [7, 11) is -4.34. The Labute approximate surface area is 253 Å². The maximum atomic E-state index is 13.9. The molecule has 2 aliphatic heterocycles. The number of nitrogens with zero attached hydrogens (tertiary/aromatic N) is 3. The zero-order valence-corrected chi connectivity index (χ0v) is 24.6. The van der Waals surface area contributed by atoms with Crippen LogP contribution in [0.25, 0.3) is 0 Å². The number of anilines is 3. The summed E-state index contributed by atoms with van der Waals surface area (Å²) in [6.07, 6.45) is -2.85. The molecule has 44 heavy (non-hydrogen) atoms. The fourth-order valence-electron chi connectivity index (χ4n) is 5.53. The van der Waals surface area contributed by atoms with Crippen molar-refractivity contribution < 1.29 is 26.4 Å². The molecule has 4 aromatic carbocycles. The predicted octanol–water partition coefficient (Wildman–Crippen LogP) is 7.02. The Morgan fingerprint density at radius 1 is 0.886 bits per heavy atom. The Kier molecular flexibility index (Phi) is 7.66. The first-order chi connectivity index (χ1) is 21.0. The smallest absolute Gasteiger partial charge is 0.370 e. The minimum absolute atomic E-state index is 0.0746. The summed E-state index contributed by atoms with van der Waals surface area (Å²) in [5, 5.41) is 0. The van der Waals surface area contributed by atoms with Gasteiger partial charge in [-0.3, -0.25) is 9.52 Å². The first-order valence-electron chi connectivity index (χ1n) is 14.1. The third-order valence-corrected chi connectivity index (χ3v) is 9.19. The zero-order chi connectivity index (χ0) is 31.1. The van der Waals surface area contributed by atoms with Gasteiger partial charge in [-0.25, -0.2) is 8.42 Å². The largest absolute Gasteiger partial charge is 0.416 e. The highest BCUT2D eigenvalue weighted by Crippen LogP contribution is 2.37. The third-order valence-electron chi connectivity index (χ3n) is 7.78. The number of amides is 1. The lowest BCUT2D eigenvalue weighted by atomic mass is 10.1. The molecular weight excluding hydrogens is 589 g/mol. The van der Waals surface area contributed by atoms with E-state index in [9.17, 15) is 26.4 Å². The van der Waals surface area contributed by atoms with E-state index >= 15 is 0 Å². The maximum Gasteiger partial charge on any atom is 0.416 e.